The number of morpholine rings is 1. The maximum Gasteiger partial charge on any atom is 0.256 e. The number of benzene rings is 1. The summed E-state index contributed by atoms with van der Waals surface area (Å²) < 4.78 is 12.8. The standard InChI is InChI=1S/C21H24N6O6/c1-31-7-8-32-27-9-21(10-28)16(29)15(27)20(33-21)26-12-24-14-17(22-11-23-18(14)26)25-19(30)13-5-3-2-4-6-13/h2-6,11-12,15-16,20,28-29H,7-10H2,1H3,(H,22,23,25,30)/t15-,16+,20-,21-/m1/s1. The van der Waals surface area contributed by atoms with Crippen LogP contribution in [0.3, 0.4) is 0 Å². The molecule has 12 heteroatoms. The Kier molecular flexibility index (Phi) is 5.78. The van der Waals surface area contributed by atoms with Crippen LogP contribution >= 0.6 is 0 Å². The first-order valence-electron chi connectivity index (χ1n) is 10.5. The summed E-state index contributed by atoms with van der Waals surface area (Å²) in [6.07, 6.45) is 1.10. The van der Waals surface area contributed by atoms with Crippen LogP contribution in [-0.4, -0.2) is 91.9 Å². The predicted octanol–water partition coefficient (Wildman–Crippen LogP) is -0.0384. The third kappa shape index (κ3) is 3.66. The molecule has 33 heavy (non-hydrogen) atoms. The number of carbonyl (C=O) groups excluding carboxylic acids is 1. The van der Waals surface area contributed by atoms with Gasteiger partial charge in [-0.1, -0.05) is 18.2 Å². The Balaban J connectivity index is 1.44. The van der Waals surface area contributed by atoms with Crippen LogP contribution in [0, 0.1) is 0 Å². The number of anilines is 1. The van der Waals surface area contributed by atoms with E-state index in [0.29, 0.717) is 23.3 Å². The van der Waals surface area contributed by atoms with Crippen LogP contribution in [0.4, 0.5) is 5.82 Å². The normalized spacial score (nSPS) is 26.8. The van der Waals surface area contributed by atoms with Gasteiger partial charge in [-0.2, -0.15) is 5.06 Å². The average molecular weight is 456 g/mol. The third-order valence-corrected chi connectivity index (χ3v) is 5.98. The number of aliphatic hydroxyl groups excluding tert-OH is 2. The molecule has 5 rings (SSSR count). The second-order valence-electron chi connectivity index (χ2n) is 7.93. The number of hydroxylamine groups is 2. The number of methoxy groups -OCH3 is 1. The van der Waals surface area contributed by atoms with Crippen molar-refractivity contribution in [3.8, 4) is 0 Å². The first-order valence-corrected chi connectivity index (χ1v) is 10.5. The highest BCUT2D eigenvalue weighted by Crippen LogP contribution is 2.47. The lowest BCUT2D eigenvalue weighted by atomic mass is 10.0. The lowest BCUT2D eigenvalue weighted by Gasteiger charge is -2.35. The average Bonchev–Trinajstić information content (AvgIpc) is 3.48. The van der Waals surface area contributed by atoms with Crippen molar-refractivity contribution in [2.75, 3.05) is 38.8 Å². The van der Waals surface area contributed by atoms with Crippen molar-refractivity contribution in [1.82, 2.24) is 24.6 Å². The molecule has 2 aliphatic rings. The highest BCUT2D eigenvalue weighted by molar-refractivity contribution is 6.06. The molecule has 2 saturated heterocycles. The number of hydrogen-bond acceptors (Lipinski definition) is 10. The summed E-state index contributed by atoms with van der Waals surface area (Å²) in [7, 11) is 1.57. The van der Waals surface area contributed by atoms with Crippen LogP contribution in [0.2, 0.25) is 0 Å². The summed E-state index contributed by atoms with van der Waals surface area (Å²) in [5, 5.41) is 25.3. The van der Waals surface area contributed by atoms with Gasteiger partial charge in [0, 0.05) is 12.7 Å². The van der Waals surface area contributed by atoms with Crippen LogP contribution in [0.25, 0.3) is 11.2 Å². The van der Waals surface area contributed by atoms with Gasteiger partial charge in [0.2, 0.25) is 0 Å². The van der Waals surface area contributed by atoms with Crippen molar-refractivity contribution < 1.29 is 29.3 Å². The Morgan fingerprint density at radius 1 is 1.27 bits per heavy atom. The van der Waals surface area contributed by atoms with Gasteiger partial charge in [-0.3, -0.25) is 14.2 Å². The zero-order chi connectivity index (χ0) is 23.0. The molecule has 2 aliphatic heterocycles. The zero-order valence-corrected chi connectivity index (χ0v) is 17.9. The zero-order valence-electron chi connectivity index (χ0n) is 17.9. The second-order valence-corrected chi connectivity index (χ2v) is 7.93. The Morgan fingerprint density at radius 3 is 2.82 bits per heavy atom. The Labute approximate surface area is 188 Å². The number of nitrogens with one attached hydrogen (secondary N) is 1. The molecule has 174 valence electrons. The summed E-state index contributed by atoms with van der Waals surface area (Å²) in [5.74, 6) is -0.0740. The minimum Gasteiger partial charge on any atom is -0.393 e. The minimum absolute atomic E-state index is 0.204. The van der Waals surface area contributed by atoms with Gasteiger partial charge < -0.3 is 25.0 Å². The third-order valence-electron chi connectivity index (χ3n) is 5.98. The highest BCUT2D eigenvalue weighted by Gasteiger charge is 2.64. The Bertz CT molecular complexity index is 1140. The maximum absolute atomic E-state index is 12.6. The number of ether oxygens (including phenoxy) is 2. The van der Waals surface area contributed by atoms with Crippen molar-refractivity contribution in [1.29, 1.82) is 0 Å². The number of aliphatic hydroxyl groups is 2. The molecule has 0 aliphatic carbocycles. The molecule has 4 heterocycles. The van der Waals surface area contributed by atoms with Gasteiger partial charge in [0.25, 0.3) is 5.91 Å². The van der Waals surface area contributed by atoms with Crippen LogP contribution in [-0.2, 0) is 14.3 Å². The molecule has 3 N–H and O–H groups in total. The number of hydrogen-bond donors (Lipinski definition) is 3. The summed E-state index contributed by atoms with van der Waals surface area (Å²) in [5.41, 5.74) is 0.0590. The number of carbonyl (C=O) groups is 1. The first-order chi connectivity index (χ1) is 16.1. The van der Waals surface area contributed by atoms with Gasteiger partial charge in [0.15, 0.2) is 23.2 Å². The van der Waals surface area contributed by atoms with E-state index in [2.05, 4.69) is 20.3 Å². The summed E-state index contributed by atoms with van der Waals surface area (Å²) in [6.45, 7) is 0.486. The molecule has 0 radical (unpaired) electrons. The molecule has 2 bridgehead atoms. The number of fused-ring (bicyclic) bond motifs is 3. The summed E-state index contributed by atoms with van der Waals surface area (Å²) in [4.78, 5) is 31.2. The molecule has 3 aromatic rings. The van der Waals surface area contributed by atoms with Crippen molar-refractivity contribution in [3.05, 3.63) is 48.5 Å². The summed E-state index contributed by atoms with van der Waals surface area (Å²) >= 11 is 0. The van der Waals surface area contributed by atoms with E-state index in [9.17, 15) is 15.0 Å². The molecule has 12 nitrogen and oxygen atoms in total. The second kappa shape index (κ2) is 8.74. The lowest BCUT2D eigenvalue weighted by Crippen LogP contribution is -2.48. The van der Waals surface area contributed by atoms with E-state index in [4.69, 9.17) is 14.3 Å². The van der Waals surface area contributed by atoms with Crippen molar-refractivity contribution in [2.24, 2.45) is 0 Å². The molecular formula is C21H24N6O6. The van der Waals surface area contributed by atoms with E-state index in [1.165, 1.54) is 12.7 Å². The molecule has 4 atom stereocenters. The minimum atomic E-state index is -1.20. The SMILES string of the molecule is COCCON1C[C@]2(CO)O[C@@H](n3cnc4c(NC(=O)c5ccccc5)ncnc43)[C@H]1[C@@H]2O. The Morgan fingerprint density at radius 2 is 2.09 bits per heavy atom. The van der Waals surface area contributed by atoms with Crippen molar-refractivity contribution >= 4 is 22.9 Å². The molecule has 0 saturated carbocycles. The molecule has 0 spiro atoms. The van der Waals surface area contributed by atoms with Gasteiger partial charge in [0.05, 0.1) is 32.7 Å². The van der Waals surface area contributed by atoms with E-state index in [-0.39, 0.29) is 31.5 Å². The van der Waals surface area contributed by atoms with E-state index in [0.717, 1.165) is 0 Å². The van der Waals surface area contributed by atoms with Crippen molar-refractivity contribution in [2.45, 2.75) is 24.0 Å². The highest BCUT2D eigenvalue weighted by atomic mass is 16.7. The van der Waals surface area contributed by atoms with Gasteiger partial charge in [-0.25, -0.2) is 15.0 Å². The quantitative estimate of drug-likeness (QED) is 0.395. The van der Waals surface area contributed by atoms with E-state index in [1.807, 2.05) is 6.07 Å². The number of imidazole rings is 1. The largest absolute Gasteiger partial charge is 0.393 e. The van der Waals surface area contributed by atoms with Crippen LogP contribution < -0.4 is 5.32 Å². The van der Waals surface area contributed by atoms with Gasteiger partial charge in [0.1, 0.15) is 24.1 Å². The van der Waals surface area contributed by atoms with Gasteiger partial charge in [-0.05, 0) is 12.1 Å². The van der Waals surface area contributed by atoms with E-state index >= 15 is 0 Å². The van der Waals surface area contributed by atoms with Gasteiger partial charge in [-0.15, -0.1) is 0 Å². The fraction of sp³-hybridized carbons (Fsp3) is 0.429. The predicted molar refractivity (Wildman–Crippen MR) is 114 cm³/mol. The molecule has 2 aromatic heterocycles. The molecule has 2 fully saturated rings. The van der Waals surface area contributed by atoms with Crippen molar-refractivity contribution in [3.63, 3.8) is 0 Å². The Hall–Kier alpha value is -3.00. The van der Waals surface area contributed by atoms with Crippen LogP contribution in [0.5, 0.6) is 0 Å². The molecule has 1 aromatic carbocycles. The van der Waals surface area contributed by atoms with Crippen LogP contribution in [0.15, 0.2) is 43.0 Å². The number of rotatable bonds is 8. The summed E-state index contributed by atoms with van der Waals surface area (Å²) in [6, 6.07) is 8.16. The van der Waals surface area contributed by atoms with Gasteiger partial charge >= 0.3 is 0 Å². The maximum atomic E-state index is 12.6. The topological polar surface area (TPSA) is 144 Å². The van der Waals surface area contributed by atoms with E-state index in [1.54, 1.807) is 41.0 Å². The number of amides is 1. The molecule has 1 amide bonds. The smallest absolute Gasteiger partial charge is 0.256 e. The molecular weight excluding hydrogens is 432 g/mol. The van der Waals surface area contributed by atoms with Crippen LogP contribution in [0.1, 0.15) is 16.6 Å². The van der Waals surface area contributed by atoms with E-state index < -0.39 is 24.0 Å². The molecule has 0 unspecified atom stereocenters. The lowest BCUT2D eigenvalue weighted by molar-refractivity contribution is -0.255. The monoisotopic (exact) mass is 456 g/mol. The first kappa shape index (κ1) is 21.8. The number of aromatic nitrogens is 4. The number of nitrogens with zero attached hydrogens (tertiary/aromatic N) is 5. The fourth-order valence-electron chi connectivity index (χ4n) is 4.32. The fourth-order valence-corrected chi connectivity index (χ4v) is 4.32.